The summed E-state index contributed by atoms with van der Waals surface area (Å²) in [5.74, 6) is -4.84. The van der Waals surface area contributed by atoms with Crippen molar-refractivity contribution in [2.45, 2.75) is 83.9 Å². The fraction of sp³-hybridized carbons (Fsp3) is 0.447. The van der Waals surface area contributed by atoms with Gasteiger partial charge < -0.3 is 99.9 Å². The first-order valence-corrected chi connectivity index (χ1v) is 36.6. The number of Topliss-reactive ketones (excluding diaryl/α,β-unsaturated/α-hetero) is 1. The minimum atomic E-state index is -1.18. The summed E-state index contributed by atoms with van der Waals surface area (Å²) in [6.07, 6.45) is 3.89. The summed E-state index contributed by atoms with van der Waals surface area (Å²) < 4.78 is 46.1. The van der Waals surface area contributed by atoms with Crippen molar-refractivity contribution in [3.63, 3.8) is 0 Å². The van der Waals surface area contributed by atoms with Gasteiger partial charge in [0, 0.05) is 111 Å². The lowest BCUT2D eigenvalue weighted by molar-refractivity contribution is -0.139. The number of nitrogens with one attached hydrogen (secondary N) is 4. The van der Waals surface area contributed by atoms with Crippen LogP contribution in [-0.4, -0.2) is 237 Å². The molecule has 2 aliphatic heterocycles. The van der Waals surface area contributed by atoms with Gasteiger partial charge in [-0.1, -0.05) is 44.2 Å². The first kappa shape index (κ1) is 84.8. The molecule has 0 unspecified atom stereocenters. The van der Waals surface area contributed by atoms with Gasteiger partial charge in [0.05, 0.1) is 83.4 Å². The number of carboxylic acids is 1. The molecule has 0 fully saturated rings. The second kappa shape index (κ2) is 42.8. The Morgan fingerprint density at radius 3 is 2.11 bits per heavy atom. The Hall–Kier alpha value is -10.8. The Labute approximate surface area is 640 Å². The van der Waals surface area contributed by atoms with Gasteiger partial charge >= 0.3 is 30.3 Å². The summed E-state index contributed by atoms with van der Waals surface area (Å²) in [6.45, 7) is 7.44. The number of benzene rings is 4. The standard InChI is InChI=1S/C76H95ClN12O21/c1-48(2)68(84-74(100)108-40-38-103-31-29-88-64(92)23-24-65(88)93)61(91)41-52(10-8-25-80-73(79)99)70(95)81-54-17-13-50(14-18-54)47-109-75(101)85(4)27-28-86(26-6-5-12-58(78)72(97)98)76(102)110-62-42-60-67(66-49(3)9-7-11-57(62)66)53(43-77)44-89(60)71(96)59-46-87-45-55(19-22-63(87)83-59)82-69(94)51-15-20-56(21-16-51)107-39-37-106-36-35-105-34-33-104-32-30-90/h7,9,11,13-24,42,45-46,48,52-53,58,68,90H,5-6,8,10,12,25-41,43-44,47,78H2,1-4H3,(H,81,95)(H,82,94)(H,84,100)(H,97,98)(H3,79,80,99)/t52-,53-,58+,68+/m1/s1. The van der Waals surface area contributed by atoms with E-state index in [4.69, 9.17) is 66.1 Å². The highest BCUT2D eigenvalue weighted by Gasteiger charge is 2.38. The predicted molar refractivity (Wildman–Crippen MR) is 403 cm³/mol. The van der Waals surface area contributed by atoms with E-state index < -0.39 is 89.5 Å². The zero-order valence-electron chi connectivity index (χ0n) is 61.8. The largest absolute Gasteiger partial charge is 0.491 e. The average molecular weight is 1550 g/mol. The van der Waals surface area contributed by atoms with Gasteiger partial charge in [-0.2, -0.15) is 0 Å². The number of carbonyl (C=O) groups is 11. The summed E-state index contributed by atoms with van der Waals surface area (Å²) in [5, 5.41) is 30.3. The van der Waals surface area contributed by atoms with Crippen LogP contribution in [0.4, 0.5) is 36.2 Å². The topological polar surface area (TPSA) is 432 Å². The third-order valence-electron chi connectivity index (χ3n) is 17.9. The van der Waals surface area contributed by atoms with Gasteiger partial charge in [0.2, 0.25) is 5.91 Å². The number of halogens is 1. The number of ether oxygens (including phenoxy) is 8. The van der Waals surface area contributed by atoms with Crippen molar-refractivity contribution in [2.24, 2.45) is 23.3 Å². The molecule has 4 aromatic carbocycles. The van der Waals surface area contributed by atoms with Crippen LogP contribution in [-0.2, 0) is 59.0 Å². The van der Waals surface area contributed by atoms with Crippen LogP contribution in [0.1, 0.15) is 95.8 Å². The summed E-state index contributed by atoms with van der Waals surface area (Å²) in [6, 6.07) is 20.5. The van der Waals surface area contributed by atoms with E-state index in [0.717, 1.165) is 33.6 Å². The van der Waals surface area contributed by atoms with E-state index in [1.54, 1.807) is 108 Å². The van der Waals surface area contributed by atoms with Crippen molar-refractivity contribution in [1.82, 2.24) is 34.7 Å². The van der Waals surface area contributed by atoms with E-state index in [2.05, 4.69) is 26.3 Å². The van der Waals surface area contributed by atoms with E-state index in [1.807, 2.05) is 19.1 Å². The molecular weight excluding hydrogens is 1450 g/mol. The number of carbonyl (C=O) groups excluding carboxylic acids is 10. The molecule has 8 rings (SSSR count). The van der Waals surface area contributed by atoms with Crippen LogP contribution in [0.5, 0.6) is 11.5 Å². The van der Waals surface area contributed by atoms with Crippen LogP contribution in [0.3, 0.4) is 0 Å². The molecule has 110 heavy (non-hydrogen) atoms. The number of hydrogen-bond donors (Lipinski definition) is 8. The number of pyridine rings is 1. The Bertz CT molecular complexity index is 4200. The number of anilines is 3. The second-order valence-corrected chi connectivity index (χ2v) is 26.6. The van der Waals surface area contributed by atoms with Gasteiger partial charge in [-0.15, -0.1) is 11.6 Å². The van der Waals surface area contributed by atoms with E-state index >= 15 is 0 Å². The number of aryl methyl sites for hydroxylation is 1. The quantitative estimate of drug-likeness (QED) is 0.0111. The number of aliphatic carboxylic acids is 1. The molecule has 2 aromatic heterocycles. The molecule has 33 nitrogen and oxygen atoms in total. The Balaban J connectivity index is 0.866. The van der Waals surface area contributed by atoms with Gasteiger partial charge in [-0.25, -0.2) is 24.2 Å². The van der Waals surface area contributed by atoms with Gasteiger partial charge in [-0.05, 0) is 116 Å². The van der Waals surface area contributed by atoms with Crippen LogP contribution in [0.15, 0.2) is 109 Å². The highest BCUT2D eigenvalue weighted by molar-refractivity contribution is 6.19. The number of fused-ring (bicyclic) bond motifs is 4. The maximum Gasteiger partial charge on any atom is 0.415 e. The Kier molecular flexibility index (Phi) is 33.0. The third-order valence-corrected chi connectivity index (χ3v) is 18.3. The highest BCUT2D eigenvalue weighted by atomic mass is 35.5. The van der Waals surface area contributed by atoms with Crippen LogP contribution in [0.2, 0.25) is 0 Å². The lowest BCUT2D eigenvalue weighted by atomic mass is 9.89. The number of imide groups is 1. The third kappa shape index (κ3) is 25.1. The van der Waals surface area contributed by atoms with E-state index in [1.165, 1.54) is 16.8 Å². The molecule has 10 N–H and O–H groups in total. The number of aromatic nitrogens is 2. The van der Waals surface area contributed by atoms with Gasteiger partial charge in [-0.3, -0.25) is 38.5 Å². The first-order valence-electron chi connectivity index (χ1n) is 36.1. The van der Waals surface area contributed by atoms with Crippen LogP contribution >= 0.6 is 11.6 Å². The maximum absolute atomic E-state index is 14.8. The number of likely N-dealkylation sites (N-methyl/N-ethyl adjacent to an activating group) is 1. The molecule has 4 atom stereocenters. The molecule has 0 saturated heterocycles. The monoisotopic (exact) mass is 1550 g/mol. The minimum absolute atomic E-state index is 0.00990. The number of aliphatic hydroxyl groups excluding tert-OH is 1. The fourth-order valence-electron chi connectivity index (χ4n) is 12.1. The summed E-state index contributed by atoms with van der Waals surface area (Å²) >= 11 is 6.71. The minimum Gasteiger partial charge on any atom is -0.491 e. The van der Waals surface area contributed by atoms with E-state index in [-0.39, 0.29) is 134 Å². The van der Waals surface area contributed by atoms with Crippen molar-refractivity contribution in [2.75, 3.05) is 140 Å². The van der Waals surface area contributed by atoms with Gasteiger partial charge in [0.15, 0.2) is 5.78 Å². The normalized spacial score (nSPS) is 13.9. The number of carboxylic acid groups (broad SMARTS) is 1. The molecule has 4 heterocycles. The molecular formula is C76H95ClN12O21. The van der Waals surface area contributed by atoms with Crippen LogP contribution in [0, 0.1) is 18.8 Å². The predicted octanol–water partition coefficient (Wildman–Crippen LogP) is 6.76. The van der Waals surface area contributed by atoms with Crippen molar-refractivity contribution >= 4 is 111 Å². The van der Waals surface area contributed by atoms with Crippen molar-refractivity contribution in [1.29, 1.82) is 0 Å². The van der Waals surface area contributed by atoms with Crippen LogP contribution in [0.25, 0.3) is 16.4 Å². The average Bonchev–Trinajstić information content (AvgIpc) is 1.56. The summed E-state index contributed by atoms with van der Waals surface area (Å²) in [5.41, 5.74) is 15.3. The summed E-state index contributed by atoms with van der Waals surface area (Å²) in [4.78, 5) is 153. The van der Waals surface area contributed by atoms with Crippen molar-refractivity contribution < 1.29 is 101 Å². The number of aliphatic hydroxyl groups is 1. The lowest BCUT2D eigenvalue weighted by Gasteiger charge is -2.26. The fourth-order valence-corrected chi connectivity index (χ4v) is 12.3. The van der Waals surface area contributed by atoms with Crippen LogP contribution < -0.4 is 47.1 Å². The number of nitrogens with zero attached hydrogens (tertiary/aromatic N) is 6. The van der Waals surface area contributed by atoms with E-state index in [9.17, 15) is 57.8 Å². The number of ketones is 1. The number of rotatable bonds is 45. The first-order chi connectivity index (χ1) is 52.9. The molecule has 0 spiro atoms. The van der Waals surface area contributed by atoms with Gasteiger partial charge in [0.25, 0.3) is 23.6 Å². The lowest BCUT2D eigenvalue weighted by Crippen LogP contribution is -2.46. The Morgan fingerprint density at radius 2 is 1.43 bits per heavy atom. The number of hydrogen-bond acceptors (Lipinski definition) is 22. The molecule has 0 bridgehead atoms. The maximum atomic E-state index is 14.8. The zero-order chi connectivity index (χ0) is 79.2. The molecule has 0 aliphatic carbocycles. The molecule has 34 heteroatoms. The number of amides is 10. The molecule has 592 valence electrons. The highest BCUT2D eigenvalue weighted by Crippen LogP contribution is 2.47. The van der Waals surface area contributed by atoms with Gasteiger partial charge in [0.1, 0.15) is 48.7 Å². The smallest absolute Gasteiger partial charge is 0.415 e. The number of alkyl halides is 1. The number of alkyl carbamates (subject to hydrolysis) is 1. The summed E-state index contributed by atoms with van der Waals surface area (Å²) in [7, 11) is 1.48. The zero-order valence-corrected chi connectivity index (χ0v) is 62.6. The molecule has 6 aromatic rings. The second-order valence-electron chi connectivity index (χ2n) is 26.3. The molecule has 10 amide bonds. The molecule has 0 saturated carbocycles. The van der Waals surface area contributed by atoms with Crippen molar-refractivity contribution in [3.05, 3.63) is 137 Å². The molecule has 0 radical (unpaired) electrons. The number of nitrogens with two attached hydrogens (primary N) is 2. The number of imidazole rings is 1. The number of unbranched alkanes of at least 4 members (excludes halogenated alkanes) is 1. The Morgan fingerprint density at radius 1 is 0.745 bits per heavy atom. The van der Waals surface area contributed by atoms with Crippen molar-refractivity contribution in [3.8, 4) is 11.5 Å². The number of urea groups is 1. The number of primary amides is 1. The molecule has 2 aliphatic rings. The van der Waals surface area contributed by atoms with E-state index in [0.29, 0.717) is 90.8 Å². The SMILES string of the molecule is Cc1cccc2c(OC(=O)N(CCCC[C@H](N)C(=O)O)CCN(C)C(=O)OCc3ccc(NC(=O)[C@H](CCCNC(N)=O)CC(=O)[C@@H](NC(=O)OCCOCCN4C(=O)C=CC4=O)C(C)C)cc3)cc3c(c12)[C@H](CCl)CN3C(=O)c1cn2cc(NC(=O)c3ccc(OCCOCCOCCOCCO)cc3)ccc2n1.